The quantitative estimate of drug-likeness (QED) is 0.821. The minimum atomic E-state index is -0.170. The second kappa shape index (κ2) is 6.53. The lowest BCUT2D eigenvalue weighted by molar-refractivity contribution is 0.0945. The third-order valence-corrected chi connectivity index (χ3v) is 2.32. The van der Waals surface area contributed by atoms with E-state index in [1.807, 2.05) is 0 Å². The molecule has 0 bridgehead atoms. The number of pyridine rings is 1. The number of alkyl halides is 1. The van der Waals surface area contributed by atoms with Crippen molar-refractivity contribution in [3.63, 3.8) is 0 Å². The van der Waals surface area contributed by atoms with Gasteiger partial charge in [-0.15, -0.1) is 0 Å². The van der Waals surface area contributed by atoms with Gasteiger partial charge in [-0.1, -0.05) is 22.0 Å². The molecule has 0 saturated heterocycles. The number of nitrogens with one attached hydrogen (secondary N) is 1. The van der Waals surface area contributed by atoms with Gasteiger partial charge in [0.05, 0.1) is 11.4 Å². The summed E-state index contributed by atoms with van der Waals surface area (Å²) in [5, 5.41) is 2.76. The van der Waals surface area contributed by atoms with Crippen LogP contribution in [0, 0.1) is 0 Å². The minimum Gasteiger partial charge on any atom is -0.383 e. The Morgan fingerprint density at radius 3 is 3.07 bits per heavy atom. The highest BCUT2D eigenvalue weighted by Gasteiger charge is 2.08. The van der Waals surface area contributed by atoms with Crippen molar-refractivity contribution < 1.29 is 9.53 Å². The number of carbonyl (C=O) groups excluding carboxylic acids is 1. The van der Waals surface area contributed by atoms with Crippen molar-refractivity contribution in [2.24, 2.45) is 0 Å². The van der Waals surface area contributed by atoms with E-state index in [9.17, 15) is 4.79 Å². The number of amides is 1. The minimum absolute atomic E-state index is 0.121. The Kier molecular flexibility index (Phi) is 5.28. The molecule has 0 aliphatic heterocycles. The van der Waals surface area contributed by atoms with Crippen molar-refractivity contribution >= 4 is 21.8 Å². The molecule has 0 saturated carbocycles. The second-order valence-electron chi connectivity index (χ2n) is 2.98. The summed E-state index contributed by atoms with van der Waals surface area (Å²) < 4.78 is 4.93. The van der Waals surface area contributed by atoms with E-state index in [1.54, 1.807) is 31.5 Å². The predicted octanol–water partition coefficient (Wildman–Crippen LogP) is 1.22. The molecule has 1 aromatic rings. The number of hydrogen-bond acceptors (Lipinski definition) is 3. The average molecular weight is 273 g/mol. The molecule has 1 aromatic heterocycles. The van der Waals surface area contributed by atoms with Crippen LogP contribution in [0.2, 0.25) is 0 Å². The van der Waals surface area contributed by atoms with Gasteiger partial charge >= 0.3 is 0 Å². The highest BCUT2D eigenvalue weighted by atomic mass is 79.9. The van der Waals surface area contributed by atoms with E-state index in [1.165, 1.54) is 0 Å². The number of halogens is 1. The molecule has 0 aliphatic carbocycles. The van der Waals surface area contributed by atoms with Gasteiger partial charge in [-0.3, -0.25) is 9.78 Å². The first-order chi connectivity index (χ1) is 7.24. The molecule has 4 nitrogen and oxygen atoms in total. The molecule has 5 heteroatoms. The monoisotopic (exact) mass is 272 g/mol. The molecule has 0 radical (unpaired) electrons. The van der Waals surface area contributed by atoms with Crippen LogP contribution in [0.4, 0.5) is 0 Å². The van der Waals surface area contributed by atoms with Gasteiger partial charge in [0.1, 0.15) is 5.69 Å². The zero-order valence-electron chi connectivity index (χ0n) is 8.44. The number of rotatable bonds is 5. The maximum atomic E-state index is 11.5. The summed E-state index contributed by atoms with van der Waals surface area (Å²) in [6.45, 7) is 1.08. The number of nitrogens with zero attached hydrogens (tertiary/aromatic N) is 1. The van der Waals surface area contributed by atoms with Crippen molar-refractivity contribution in [2.45, 2.75) is 4.83 Å². The Labute approximate surface area is 97.2 Å². The van der Waals surface area contributed by atoms with Crippen LogP contribution in [0.3, 0.4) is 0 Å². The van der Waals surface area contributed by atoms with Crippen LogP contribution in [0.1, 0.15) is 10.5 Å². The number of carbonyl (C=O) groups is 1. The topological polar surface area (TPSA) is 51.2 Å². The summed E-state index contributed by atoms with van der Waals surface area (Å²) in [6.07, 6.45) is 1.59. The molecule has 15 heavy (non-hydrogen) atoms. The number of ether oxygens (including phenoxy) is 1. The Balaban J connectivity index is 2.37. The van der Waals surface area contributed by atoms with Gasteiger partial charge in [0.15, 0.2) is 0 Å². The predicted molar refractivity (Wildman–Crippen MR) is 61.2 cm³/mol. The zero-order valence-corrected chi connectivity index (χ0v) is 10.0. The third kappa shape index (κ3) is 4.40. The SMILES string of the molecule is COCC(Br)CNC(=O)c1ccccn1. The fourth-order valence-corrected chi connectivity index (χ4v) is 1.46. The van der Waals surface area contributed by atoms with Crippen LogP contribution in [0.15, 0.2) is 24.4 Å². The molecule has 1 amide bonds. The largest absolute Gasteiger partial charge is 0.383 e. The van der Waals surface area contributed by atoms with E-state index < -0.39 is 0 Å². The lowest BCUT2D eigenvalue weighted by Gasteiger charge is -2.09. The summed E-state index contributed by atoms with van der Waals surface area (Å²) in [5.41, 5.74) is 0.426. The van der Waals surface area contributed by atoms with Gasteiger partial charge in [-0.2, -0.15) is 0 Å². The van der Waals surface area contributed by atoms with E-state index in [0.717, 1.165) is 0 Å². The third-order valence-electron chi connectivity index (χ3n) is 1.73. The van der Waals surface area contributed by atoms with Crippen molar-refractivity contribution in [3.05, 3.63) is 30.1 Å². The van der Waals surface area contributed by atoms with Crippen LogP contribution in [-0.4, -0.2) is 36.0 Å². The Hall–Kier alpha value is -0.940. The van der Waals surface area contributed by atoms with E-state index in [4.69, 9.17) is 4.74 Å². The highest BCUT2D eigenvalue weighted by molar-refractivity contribution is 9.09. The summed E-state index contributed by atoms with van der Waals surface area (Å²) in [7, 11) is 1.62. The zero-order chi connectivity index (χ0) is 11.1. The molecule has 82 valence electrons. The summed E-state index contributed by atoms with van der Waals surface area (Å²) in [4.78, 5) is 15.6. The van der Waals surface area contributed by atoms with Crippen molar-refractivity contribution in [3.8, 4) is 0 Å². The molecule has 1 N–H and O–H groups in total. The fraction of sp³-hybridized carbons (Fsp3) is 0.400. The second-order valence-corrected chi connectivity index (χ2v) is 4.27. The fourth-order valence-electron chi connectivity index (χ4n) is 1.03. The molecule has 0 spiro atoms. The standard InChI is InChI=1S/C10H13BrN2O2/c1-15-7-8(11)6-13-10(14)9-4-2-3-5-12-9/h2-5,8H,6-7H2,1H3,(H,13,14). The molecule has 1 unspecified atom stereocenters. The van der Waals surface area contributed by atoms with Crippen LogP contribution in [0.25, 0.3) is 0 Å². The van der Waals surface area contributed by atoms with Crippen molar-refractivity contribution in [1.82, 2.24) is 10.3 Å². The molecule has 0 fully saturated rings. The Morgan fingerprint density at radius 1 is 1.67 bits per heavy atom. The molecule has 1 atom stereocenters. The van der Waals surface area contributed by atoms with Gasteiger partial charge in [0.25, 0.3) is 5.91 Å². The number of hydrogen-bond donors (Lipinski definition) is 1. The molecule has 0 aliphatic rings. The van der Waals surface area contributed by atoms with Crippen LogP contribution in [0.5, 0.6) is 0 Å². The summed E-state index contributed by atoms with van der Waals surface area (Å²) >= 11 is 3.38. The first kappa shape index (κ1) is 12.1. The van der Waals surface area contributed by atoms with Crippen LogP contribution in [-0.2, 0) is 4.74 Å². The molecule has 1 heterocycles. The number of methoxy groups -OCH3 is 1. The first-order valence-corrected chi connectivity index (χ1v) is 5.48. The van der Waals surface area contributed by atoms with Crippen molar-refractivity contribution in [1.29, 1.82) is 0 Å². The van der Waals surface area contributed by atoms with Crippen LogP contribution >= 0.6 is 15.9 Å². The van der Waals surface area contributed by atoms with Crippen LogP contribution < -0.4 is 5.32 Å². The first-order valence-electron chi connectivity index (χ1n) is 4.56. The maximum Gasteiger partial charge on any atom is 0.269 e. The Morgan fingerprint density at radius 2 is 2.47 bits per heavy atom. The number of aromatic nitrogens is 1. The van der Waals surface area contributed by atoms with E-state index in [-0.39, 0.29) is 10.7 Å². The molecular weight excluding hydrogens is 260 g/mol. The lowest BCUT2D eigenvalue weighted by atomic mass is 10.3. The lowest BCUT2D eigenvalue weighted by Crippen LogP contribution is -2.31. The molecule has 1 rings (SSSR count). The van der Waals surface area contributed by atoms with Gasteiger partial charge in [-0.05, 0) is 12.1 Å². The van der Waals surface area contributed by atoms with Gasteiger partial charge in [-0.25, -0.2) is 0 Å². The van der Waals surface area contributed by atoms with Gasteiger partial charge in [0, 0.05) is 19.9 Å². The molecular formula is C10H13BrN2O2. The average Bonchev–Trinajstić information content (AvgIpc) is 2.27. The van der Waals surface area contributed by atoms with Crippen molar-refractivity contribution in [2.75, 3.05) is 20.3 Å². The van der Waals surface area contributed by atoms with E-state index >= 15 is 0 Å². The van der Waals surface area contributed by atoms with E-state index in [2.05, 4.69) is 26.2 Å². The summed E-state index contributed by atoms with van der Waals surface area (Å²) in [5.74, 6) is -0.170. The summed E-state index contributed by atoms with van der Waals surface area (Å²) in [6, 6.07) is 5.23. The van der Waals surface area contributed by atoms with Gasteiger partial charge in [0.2, 0.25) is 0 Å². The smallest absolute Gasteiger partial charge is 0.269 e. The van der Waals surface area contributed by atoms with E-state index in [0.29, 0.717) is 18.8 Å². The molecule has 0 aromatic carbocycles. The highest BCUT2D eigenvalue weighted by Crippen LogP contribution is 1.99. The Bertz CT molecular complexity index is 306. The normalized spacial score (nSPS) is 12.1. The maximum absolute atomic E-state index is 11.5. The van der Waals surface area contributed by atoms with Gasteiger partial charge < -0.3 is 10.1 Å².